The Labute approximate surface area is 128 Å². The van der Waals surface area contributed by atoms with Crippen LogP contribution in [-0.4, -0.2) is 11.1 Å². The zero-order valence-electron chi connectivity index (χ0n) is 12.0. The Morgan fingerprint density at radius 3 is 2.64 bits per heavy atom. The molecule has 0 aliphatic rings. The number of rotatable bonds is 4. The van der Waals surface area contributed by atoms with Crippen molar-refractivity contribution < 1.29 is 9.53 Å². The van der Waals surface area contributed by atoms with Gasteiger partial charge in [0.2, 0.25) is 0 Å². The number of fused-ring (bicyclic) bond motifs is 1. The fraction of sp³-hybridized carbons (Fsp3) is 0.111. The molecule has 0 aliphatic heterocycles. The summed E-state index contributed by atoms with van der Waals surface area (Å²) in [7, 11) is 0. The Morgan fingerprint density at radius 1 is 1.00 bits per heavy atom. The largest absolute Gasteiger partial charge is 0.445 e. The van der Waals surface area contributed by atoms with Crippen molar-refractivity contribution in [3.05, 3.63) is 78.1 Å². The summed E-state index contributed by atoms with van der Waals surface area (Å²) in [6.45, 7) is 0.602. The molecule has 1 heterocycles. The van der Waals surface area contributed by atoms with Crippen LogP contribution in [0.15, 0.2) is 66.9 Å². The molecule has 0 unspecified atom stereocenters. The number of hydrogen-bond donors (Lipinski definition) is 1. The quantitative estimate of drug-likeness (QED) is 0.798. The van der Waals surface area contributed by atoms with Crippen LogP contribution in [-0.2, 0) is 17.9 Å². The second-order valence-corrected chi connectivity index (χ2v) is 4.89. The third-order valence-corrected chi connectivity index (χ3v) is 3.37. The molecule has 0 fully saturated rings. The van der Waals surface area contributed by atoms with E-state index in [1.54, 1.807) is 6.20 Å². The zero-order chi connectivity index (χ0) is 15.2. The third kappa shape index (κ3) is 3.41. The van der Waals surface area contributed by atoms with Crippen LogP contribution in [0.3, 0.4) is 0 Å². The van der Waals surface area contributed by atoms with Gasteiger partial charge >= 0.3 is 6.09 Å². The number of aromatic nitrogens is 1. The molecule has 0 radical (unpaired) electrons. The molecule has 0 aliphatic carbocycles. The van der Waals surface area contributed by atoms with Crippen LogP contribution in [0.25, 0.3) is 10.8 Å². The number of carbonyl (C=O) groups is 1. The van der Waals surface area contributed by atoms with Gasteiger partial charge in [-0.3, -0.25) is 4.98 Å². The van der Waals surface area contributed by atoms with E-state index in [9.17, 15) is 4.79 Å². The van der Waals surface area contributed by atoms with Gasteiger partial charge in [-0.05, 0) is 17.0 Å². The van der Waals surface area contributed by atoms with E-state index < -0.39 is 6.09 Å². The number of benzene rings is 2. The smallest absolute Gasteiger partial charge is 0.407 e. The highest BCUT2D eigenvalue weighted by Crippen LogP contribution is 2.15. The van der Waals surface area contributed by atoms with Gasteiger partial charge in [0.1, 0.15) is 6.61 Å². The second kappa shape index (κ2) is 6.72. The summed E-state index contributed by atoms with van der Waals surface area (Å²) in [5.41, 5.74) is 1.79. The van der Waals surface area contributed by atoms with E-state index in [1.807, 2.05) is 60.7 Å². The summed E-state index contributed by atoms with van der Waals surface area (Å²) in [4.78, 5) is 16.1. The Balaban J connectivity index is 1.58. The molecule has 1 N–H and O–H groups in total. The topological polar surface area (TPSA) is 51.2 Å². The Hall–Kier alpha value is -2.88. The summed E-state index contributed by atoms with van der Waals surface area (Å²) in [5.74, 6) is 0. The van der Waals surface area contributed by atoms with Crippen molar-refractivity contribution in [1.29, 1.82) is 0 Å². The summed E-state index contributed by atoms with van der Waals surface area (Å²) < 4.78 is 5.18. The highest BCUT2D eigenvalue weighted by atomic mass is 16.5. The van der Waals surface area contributed by atoms with Crippen LogP contribution in [0, 0.1) is 0 Å². The minimum Gasteiger partial charge on any atom is -0.445 e. The molecule has 1 amide bonds. The molecular weight excluding hydrogens is 276 g/mol. The van der Waals surface area contributed by atoms with Crippen molar-refractivity contribution in [3.8, 4) is 0 Å². The molecule has 22 heavy (non-hydrogen) atoms. The first-order valence-corrected chi connectivity index (χ1v) is 7.10. The van der Waals surface area contributed by atoms with Crippen molar-refractivity contribution in [2.45, 2.75) is 13.2 Å². The van der Waals surface area contributed by atoms with Crippen molar-refractivity contribution in [3.63, 3.8) is 0 Å². The Morgan fingerprint density at radius 2 is 1.77 bits per heavy atom. The molecule has 2 aromatic carbocycles. The lowest BCUT2D eigenvalue weighted by Crippen LogP contribution is -2.24. The summed E-state index contributed by atoms with van der Waals surface area (Å²) in [5, 5.41) is 4.88. The molecule has 4 nitrogen and oxygen atoms in total. The molecule has 0 bridgehead atoms. The Bertz CT molecular complexity index is 767. The predicted molar refractivity (Wildman–Crippen MR) is 85.2 cm³/mol. The minimum absolute atomic E-state index is 0.260. The average molecular weight is 292 g/mol. The van der Waals surface area contributed by atoms with E-state index in [1.165, 1.54) is 0 Å². The first-order chi connectivity index (χ1) is 10.8. The number of alkyl carbamates (subject to hydrolysis) is 1. The molecule has 0 saturated heterocycles. The molecule has 4 heteroatoms. The van der Waals surface area contributed by atoms with Crippen LogP contribution in [0.1, 0.15) is 11.3 Å². The van der Waals surface area contributed by atoms with Gasteiger partial charge in [0.25, 0.3) is 0 Å². The van der Waals surface area contributed by atoms with Gasteiger partial charge in [0.15, 0.2) is 0 Å². The van der Waals surface area contributed by atoms with E-state index in [2.05, 4.69) is 10.3 Å². The summed E-state index contributed by atoms with van der Waals surface area (Å²) >= 11 is 0. The molecule has 110 valence electrons. The van der Waals surface area contributed by atoms with Gasteiger partial charge in [-0.2, -0.15) is 0 Å². The van der Waals surface area contributed by atoms with E-state index in [0.717, 1.165) is 22.0 Å². The van der Waals surface area contributed by atoms with Gasteiger partial charge in [-0.15, -0.1) is 0 Å². The lowest BCUT2D eigenvalue weighted by atomic mass is 10.1. The van der Waals surface area contributed by atoms with Crippen molar-refractivity contribution in [1.82, 2.24) is 10.3 Å². The molecule has 3 aromatic rings. The van der Waals surface area contributed by atoms with Crippen LogP contribution in [0.2, 0.25) is 0 Å². The van der Waals surface area contributed by atoms with Crippen molar-refractivity contribution in [2.24, 2.45) is 0 Å². The van der Waals surface area contributed by atoms with E-state index in [4.69, 9.17) is 4.74 Å². The number of hydrogen-bond acceptors (Lipinski definition) is 3. The molecule has 3 rings (SSSR count). The van der Waals surface area contributed by atoms with Gasteiger partial charge in [0, 0.05) is 11.6 Å². The normalized spacial score (nSPS) is 10.4. The fourth-order valence-electron chi connectivity index (χ4n) is 2.25. The van der Waals surface area contributed by atoms with Crippen molar-refractivity contribution >= 4 is 16.9 Å². The fourth-order valence-corrected chi connectivity index (χ4v) is 2.25. The minimum atomic E-state index is -0.446. The van der Waals surface area contributed by atoms with Gasteiger partial charge in [-0.25, -0.2) is 4.79 Å². The molecule has 0 saturated carbocycles. The Kier molecular flexibility index (Phi) is 4.30. The van der Waals surface area contributed by atoms with E-state index in [0.29, 0.717) is 6.54 Å². The van der Waals surface area contributed by atoms with Crippen LogP contribution < -0.4 is 5.32 Å². The number of ether oxygens (including phenoxy) is 1. The number of amides is 1. The van der Waals surface area contributed by atoms with Gasteiger partial charge < -0.3 is 10.1 Å². The first-order valence-electron chi connectivity index (χ1n) is 7.10. The predicted octanol–water partition coefficient (Wildman–Crippen LogP) is 3.66. The number of carbonyl (C=O) groups excluding carboxylic acids is 1. The number of pyridine rings is 1. The maximum Gasteiger partial charge on any atom is 0.407 e. The van der Waals surface area contributed by atoms with Crippen LogP contribution >= 0.6 is 0 Å². The maximum atomic E-state index is 11.8. The second-order valence-electron chi connectivity index (χ2n) is 4.89. The monoisotopic (exact) mass is 292 g/mol. The zero-order valence-corrected chi connectivity index (χ0v) is 12.0. The van der Waals surface area contributed by atoms with E-state index >= 15 is 0 Å². The highest BCUT2D eigenvalue weighted by Gasteiger charge is 2.06. The molecule has 0 atom stereocenters. The van der Waals surface area contributed by atoms with E-state index in [-0.39, 0.29) is 6.61 Å². The molecule has 1 aromatic heterocycles. The molecular formula is C18H16N2O2. The van der Waals surface area contributed by atoms with Gasteiger partial charge in [0.05, 0.1) is 12.2 Å². The van der Waals surface area contributed by atoms with Crippen LogP contribution in [0.4, 0.5) is 4.79 Å². The summed E-state index contributed by atoms with van der Waals surface area (Å²) in [6, 6.07) is 19.5. The van der Waals surface area contributed by atoms with Crippen molar-refractivity contribution in [2.75, 3.05) is 0 Å². The SMILES string of the molecule is O=C(NCc1nccc2ccccc12)OCc1ccccc1. The maximum absolute atomic E-state index is 11.8. The first kappa shape index (κ1) is 14.1. The molecule has 0 spiro atoms. The third-order valence-electron chi connectivity index (χ3n) is 3.37. The lowest BCUT2D eigenvalue weighted by Gasteiger charge is -2.08. The number of nitrogens with zero attached hydrogens (tertiary/aromatic N) is 1. The lowest BCUT2D eigenvalue weighted by molar-refractivity contribution is 0.139. The highest BCUT2D eigenvalue weighted by molar-refractivity contribution is 5.84. The summed E-state index contributed by atoms with van der Waals surface area (Å²) in [6.07, 6.45) is 1.30. The standard InChI is InChI=1S/C18H16N2O2/c21-18(22-13-14-6-2-1-3-7-14)20-12-17-16-9-5-4-8-15(16)10-11-19-17/h1-11H,12-13H2,(H,20,21). The average Bonchev–Trinajstić information content (AvgIpc) is 2.59. The van der Waals surface area contributed by atoms with Crippen LogP contribution in [0.5, 0.6) is 0 Å². The van der Waals surface area contributed by atoms with Gasteiger partial charge in [-0.1, -0.05) is 54.6 Å². The number of nitrogens with one attached hydrogen (secondary N) is 1.